The van der Waals surface area contributed by atoms with E-state index in [1.54, 1.807) is 18.2 Å². The molecule has 4 heteroatoms. The standard InChI is InChI=1S/C9H12ClNO2/c1-2-13-11-6-7-4-3-5-8(10)9(7)12/h3-5,11-12H,2,6H2,1H3. The third-order valence-electron chi connectivity index (χ3n) is 1.58. The van der Waals surface area contributed by atoms with Crippen molar-refractivity contribution in [3.8, 4) is 5.75 Å². The molecule has 0 fully saturated rings. The van der Waals surface area contributed by atoms with Gasteiger partial charge in [-0.2, -0.15) is 5.48 Å². The van der Waals surface area contributed by atoms with Crippen molar-refractivity contribution in [3.63, 3.8) is 0 Å². The summed E-state index contributed by atoms with van der Waals surface area (Å²) in [5, 5.41) is 9.83. The summed E-state index contributed by atoms with van der Waals surface area (Å²) in [7, 11) is 0. The van der Waals surface area contributed by atoms with Crippen molar-refractivity contribution >= 4 is 11.6 Å². The molecule has 72 valence electrons. The Bertz CT molecular complexity index is 278. The molecule has 0 bridgehead atoms. The largest absolute Gasteiger partial charge is 0.506 e. The zero-order chi connectivity index (χ0) is 9.68. The van der Waals surface area contributed by atoms with Gasteiger partial charge in [-0.1, -0.05) is 23.7 Å². The molecule has 13 heavy (non-hydrogen) atoms. The molecule has 0 spiro atoms. The Morgan fingerprint density at radius 1 is 1.54 bits per heavy atom. The molecule has 0 radical (unpaired) electrons. The van der Waals surface area contributed by atoms with E-state index in [0.29, 0.717) is 18.2 Å². The normalized spacial score (nSPS) is 10.3. The minimum atomic E-state index is 0.108. The van der Waals surface area contributed by atoms with Crippen LogP contribution >= 0.6 is 11.6 Å². The highest BCUT2D eigenvalue weighted by Crippen LogP contribution is 2.26. The molecule has 0 unspecified atom stereocenters. The van der Waals surface area contributed by atoms with Crippen molar-refractivity contribution in [2.24, 2.45) is 0 Å². The summed E-state index contributed by atoms with van der Waals surface area (Å²) in [5.41, 5.74) is 3.42. The highest BCUT2D eigenvalue weighted by Gasteiger charge is 2.03. The van der Waals surface area contributed by atoms with Gasteiger partial charge in [0.05, 0.1) is 11.6 Å². The van der Waals surface area contributed by atoms with E-state index < -0.39 is 0 Å². The Hall–Kier alpha value is -0.770. The van der Waals surface area contributed by atoms with Crippen LogP contribution in [-0.4, -0.2) is 11.7 Å². The van der Waals surface area contributed by atoms with Crippen molar-refractivity contribution in [1.82, 2.24) is 5.48 Å². The lowest BCUT2D eigenvalue weighted by atomic mass is 10.2. The molecule has 0 atom stereocenters. The van der Waals surface area contributed by atoms with Gasteiger partial charge in [0, 0.05) is 12.1 Å². The third-order valence-corrected chi connectivity index (χ3v) is 1.88. The van der Waals surface area contributed by atoms with E-state index in [-0.39, 0.29) is 5.75 Å². The summed E-state index contributed by atoms with van der Waals surface area (Å²) in [6, 6.07) is 5.21. The van der Waals surface area contributed by atoms with E-state index in [4.69, 9.17) is 16.4 Å². The van der Waals surface area contributed by atoms with Crippen LogP contribution < -0.4 is 5.48 Å². The second-order valence-electron chi connectivity index (χ2n) is 2.50. The monoisotopic (exact) mass is 201 g/mol. The van der Waals surface area contributed by atoms with Crippen LogP contribution in [0.4, 0.5) is 0 Å². The van der Waals surface area contributed by atoms with Crippen LogP contribution in [0.25, 0.3) is 0 Å². The smallest absolute Gasteiger partial charge is 0.138 e. The third kappa shape index (κ3) is 2.88. The number of para-hydroxylation sites is 1. The second kappa shape index (κ2) is 5.07. The SMILES string of the molecule is CCONCc1cccc(Cl)c1O. The maximum atomic E-state index is 9.47. The second-order valence-corrected chi connectivity index (χ2v) is 2.91. The van der Waals surface area contributed by atoms with Gasteiger partial charge in [0.1, 0.15) is 5.75 Å². The highest BCUT2D eigenvalue weighted by molar-refractivity contribution is 6.32. The first-order valence-electron chi connectivity index (χ1n) is 4.06. The fourth-order valence-electron chi connectivity index (χ4n) is 0.933. The van der Waals surface area contributed by atoms with E-state index in [2.05, 4.69) is 5.48 Å². The number of hydroxylamine groups is 1. The van der Waals surface area contributed by atoms with Crippen molar-refractivity contribution in [2.75, 3.05) is 6.61 Å². The summed E-state index contributed by atoms with van der Waals surface area (Å²) >= 11 is 5.71. The molecule has 1 rings (SSSR count). The number of phenolic OH excluding ortho intramolecular Hbond substituents is 1. The molecule has 0 amide bonds. The van der Waals surface area contributed by atoms with Crippen LogP contribution in [0.3, 0.4) is 0 Å². The average Bonchev–Trinajstić information content (AvgIpc) is 2.13. The Morgan fingerprint density at radius 2 is 2.31 bits per heavy atom. The predicted octanol–water partition coefficient (Wildman–Crippen LogP) is 2.09. The summed E-state index contributed by atoms with van der Waals surface area (Å²) in [4.78, 5) is 4.93. The zero-order valence-corrected chi connectivity index (χ0v) is 8.14. The molecule has 3 nitrogen and oxygen atoms in total. The van der Waals surface area contributed by atoms with Crippen LogP contribution in [0.1, 0.15) is 12.5 Å². The quantitative estimate of drug-likeness (QED) is 0.579. The van der Waals surface area contributed by atoms with Gasteiger partial charge in [0.2, 0.25) is 0 Å². The van der Waals surface area contributed by atoms with Gasteiger partial charge in [-0.05, 0) is 13.0 Å². The fraction of sp³-hybridized carbons (Fsp3) is 0.333. The van der Waals surface area contributed by atoms with Gasteiger partial charge in [-0.15, -0.1) is 0 Å². The van der Waals surface area contributed by atoms with Crippen LogP contribution in [0.15, 0.2) is 18.2 Å². The molecular formula is C9H12ClNO2. The molecule has 0 aliphatic carbocycles. The molecule has 0 heterocycles. The van der Waals surface area contributed by atoms with E-state index in [1.165, 1.54) is 0 Å². The first-order chi connectivity index (χ1) is 6.25. The lowest BCUT2D eigenvalue weighted by Crippen LogP contribution is -2.13. The number of phenols is 1. The van der Waals surface area contributed by atoms with E-state index in [9.17, 15) is 5.11 Å². The Kier molecular flexibility index (Phi) is 4.02. The van der Waals surface area contributed by atoms with Crippen molar-refractivity contribution in [2.45, 2.75) is 13.5 Å². The molecular weight excluding hydrogens is 190 g/mol. The maximum Gasteiger partial charge on any atom is 0.138 e. The Labute approximate surface area is 82.2 Å². The summed E-state index contributed by atoms with van der Waals surface area (Å²) in [5.74, 6) is 0.108. The molecule has 0 saturated heterocycles. The number of aromatic hydroxyl groups is 1. The van der Waals surface area contributed by atoms with Crippen molar-refractivity contribution in [1.29, 1.82) is 0 Å². The fourth-order valence-corrected chi connectivity index (χ4v) is 1.13. The number of hydrogen-bond acceptors (Lipinski definition) is 3. The molecule has 2 N–H and O–H groups in total. The van der Waals surface area contributed by atoms with Gasteiger partial charge in [0.25, 0.3) is 0 Å². The van der Waals surface area contributed by atoms with E-state index >= 15 is 0 Å². The summed E-state index contributed by atoms with van der Waals surface area (Å²) < 4.78 is 0. The lowest BCUT2D eigenvalue weighted by molar-refractivity contribution is 0.0459. The number of benzene rings is 1. The van der Waals surface area contributed by atoms with Crippen molar-refractivity contribution < 1.29 is 9.94 Å². The number of hydrogen-bond donors (Lipinski definition) is 2. The number of rotatable bonds is 4. The summed E-state index contributed by atoms with van der Waals surface area (Å²) in [6.07, 6.45) is 0. The molecule has 0 aromatic heterocycles. The van der Waals surface area contributed by atoms with Gasteiger partial charge >= 0.3 is 0 Å². The molecule has 0 saturated carbocycles. The predicted molar refractivity (Wildman–Crippen MR) is 51.6 cm³/mol. The minimum absolute atomic E-state index is 0.108. The first kappa shape index (κ1) is 10.3. The van der Waals surface area contributed by atoms with Crippen LogP contribution in [0, 0.1) is 0 Å². The average molecular weight is 202 g/mol. The topological polar surface area (TPSA) is 41.5 Å². The van der Waals surface area contributed by atoms with Crippen molar-refractivity contribution in [3.05, 3.63) is 28.8 Å². The highest BCUT2D eigenvalue weighted by atomic mass is 35.5. The minimum Gasteiger partial charge on any atom is -0.506 e. The number of halogens is 1. The molecule has 1 aromatic carbocycles. The number of nitrogens with one attached hydrogen (secondary N) is 1. The first-order valence-corrected chi connectivity index (χ1v) is 4.44. The van der Waals surface area contributed by atoms with Crippen LogP contribution in [-0.2, 0) is 11.4 Å². The van der Waals surface area contributed by atoms with E-state index in [1.807, 2.05) is 6.92 Å². The molecule has 0 aliphatic heterocycles. The molecule has 1 aromatic rings. The zero-order valence-electron chi connectivity index (χ0n) is 7.38. The van der Waals surface area contributed by atoms with Gasteiger partial charge in [-0.3, -0.25) is 0 Å². The van der Waals surface area contributed by atoms with Crippen LogP contribution in [0.2, 0.25) is 5.02 Å². The van der Waals surface area contributed by atoms with E-state index in [0.717, 1.165) is 5.56 Å². The summed E-state index contributed by atoms with van der Waals surface area (Å²) in [6.45, 7) is 2.91. The van der Waals surface area contributed by atoms with Gasteiger partial charge in [0.15, 0.2) is 0 Å². The van der Waals surface area contributed by atoms with Gasteiger partial charge in [-0.25, -0.2) is 0 Å². The van der Waals surface area contributed by atoms with Gasteiger partial charge < -0.3 is 9.94 Å². The Morgan fingerprint density at radius 3 is 3.00 bits per heavy atom. The lowest BCUT2D eigenvalue weighted by Gasteiger charge is -2.06. The van der Waals surface area contributed by atoms with Crippen LogP contribution in [0.5, 0.6) is 5.75 Å². The Balaban J connectivity index is 2.61. The molecule has 0 aliphatic rings. The maximum absolute atomic E-state index is 9.47.